The monoisotopic (exact) mass is 461 g/mol. The Bertz CT molecular complexity index is 940. The van der Waals surface area contributed by atoms with Crippen LogP contribution in [0.4, 0.5) is 5.95 Å². The Morgan fingerprint density at radius 1 is 1.52 bits per heavy atom. The number of imidazole rings is 1. The number of rotatable bonds is 1. The maximum absolute atomic E-state index is 11.9. The first kappa shape index (κ1) is 19.8. The molecule has 11 nitrogen and oxygen atoms in total. The largest absolute Gasteiger partial charge is 1.00 e. The number of anilines is 1. The van der Waals surface area contributed by atoms with Crippen molar-refractivity contribution in [1.82, 2.24) is 19.5 Å². The number of nitrogens with one attached hydrogen (secondary N) is 1. The van der Waals surface area contributed by atoms with Crippen molar-refractivity contribution >= 4 is 51.6 Å². The third kappa shape index (κ3) is 3.36. The Morgan fingerprint density at radius 2 is 2.24 bits per heavy atom. The van der Waals surface area contributed by atoms with Gasteiger partial charge in [0.1, 0.15) is 25.0 Å². The quantitative estimate of drug-likeness (QED) is 0.215. The molecule has 4 unspecified atom stereocenters. The van der Waals surface area contributed by atoms with E-state index in [9.17, 15) is 14.8 Å². The van der Waals surface area contributed by atoms with Crippen LogP contribution in [0.5, 0.6) is 0 Å². The van der Waals surface area contributed by atoms with Crippen molar-refractivity contribution in [3.63, 3.8) is 0 Å². The van der Waals surface area contributed by atoms with E-state index in [1.807, 2.05) is 0 Å². The van der Waals surface area contributed by atoms with Gasteiger partial charge in [-0.3, -0.25) is 14.3 Å². The van der Waals surface area contributed by atoms with Gasteiger partial charge in [-0.05, 0) is 15.9 Å². The molecule has 2 fully saturated rings. The smallest absolute Gasteiger partial charge is 0.780 e. The summed E-state index contributed by atoms with van der Waals surface area (Å²) in [6.07, 6.45) is -3.86. The number of aromatic amines is 1. The first-order valence-corrected chi connectivity index (χ1v) is 10.0. The second kappa shape index (κ2) is 6.91. The summed E-state index contributed by atoms with van der Waals surface area (Å²) in [5.74, 6) is -0.110. The molecular weight excluding hydrogens is 452 g/mol. The summed E-state index contributed by atoms with van der Waals surface area (Å²) in [6, 6.07) is 0. The van der Waals surface area contributed by atoms with Crippen LogP contribution in [0.2, 0.25) is 0 Å². The minimum absolute atomic E-state index is 0. The number of aromatic nitrogens is 4. The summed E-state index contributed by atoms with van der Waals surface area (Å²) in [6.45, 7) is -3.74. The molecule has 25 heavy (non-hydrogen) atoms. The van der Waals surface area contributed by atoms with Crippen molar-refractivity contribution in [3.8, 4) is 0 Å². The van der Waals surface area contributed by atoms with Crippen molar-refractivity contribution in [2.75, 3.05) is 12.3 Å². The molecule has 4 N–H and O–H groups in total. The Morgan fingerprint density at radius 3 is 2.96 bits per heavy atom. The van der Waals surface area contributed by atoms with Gasteiger partial charge in [-0.2, -0.15) is 4.98 Å². The van der Waals surface area contributed by atoms with Crippen LogP contribution < -0.4 is 45.7 Å². The SMILES string of the molecule is Nc1nc2c(nc(Br)n2[C@@H]2OC3COP([O-])(=S)OC3C2O)c(=O)[nH]1.[Na+]. The molecule has 0 radical (unpaired) electrons. The average molecular weight is 462 g/mol. The molecule has 5 atom stereocenters. The van der Waals surface area contributed by atoms with Gasteiger partial charge >= 0.3 is 29.6 Å². The van der Waals surface area contributed by atoms with Crippen LogP contribution in [0.15, 0.2) is 9.53 Å². The molecule has 0 amide bonds. The number of nitrogen functional groups attached to an aromatic ring is 1. The number of ether oxygens (including phenoxy) is 1. The fourth-order valence-corrected chi connectivity index (χ4v) is 4.72. The van der Waals surface area contributed by atoms with E-state index in [0.717, 1.165) is 0 Å². The molecular formula is C10H10BrN5NaO6PS. The van der Waals surface area contributed by atoms with Crippen molar-refractivity contribution in [1.29, 1.82) is 0 Å². The number of aliphatic hydroxyl groups is 1. The molecule has 0 bridgehead atoms. The van der Waals surface area contributed by atoms with Gasteiger partial charge in [0.05, 0.1) is 6.61 Å². The molecule has 2 aromatic rings. The zero-order chi connectivity index (χ0) is 17.2. The zero-order valence-electron chi connectivity index (χ0n) is 12.7. The molecule has 2 aromatic heterocycles. The summed E-state index contributed by atoms with van der Waals surface area (Å²) in [7, 11) is 0. The first-order chi connectivity index (χ1) is 11.3. The molecule has 15 heteroatoms. The van der Waals surface area contributed by atoms with Crippen LogP contribution in [0.1, 0.15) is 6.23 Å². The number of halogens is 1. The number of hydrogen-bond donors (Lipinski definition) is 3. The van der Waals surface area contributed by atoms with Crippen LogP contribution in [0, 0.1) is 0 Å². The topological polar surface area (TPSA) is 161 Å². The number of fused-ring (bicyclic) bond motifs is 2. The molecule has 4 heterocycles. The maximum atomic E-state index is 11.9. The second-order valence-electron chi connectivity index (χ2n) is 5.24. The van der Waals surface area contributed by atoms with E-state index in [4.69, 9.17) is 19.5 Å². The van der Waals surface area contributed by atoms with Crippen LogP contribution in [-0.4, -0.2) is 49.5 Å². The van der Waals surface area contributed by atoms with E-state index in [-0.39, 0.29) is 58.0 Å². The third-order valence-electron chi connectivity index (χ3n) is 3.74. The molecule has 2 saturated heterocycles. The van der Waals surface area contributed by atoms with Gasteiger partial charge in [-0.15, -0.1) is 0 Å². The summed E-state index contributed by atoms with van der Waals surface area (Å²) in [5.41, 5.74) is 5.18. The summed E-state index contributed by atoms with van der Waals surface area (Å²) < 4.78 is 17.4. The summed E-state index contributed by atoms with van der Waals surface area (Å²) in [5, 5.41) is 10.5. The predicted octanol–water partition coefficient (Wildman–Crippen LogP) is -4.27. The number of nitrogens with zero attached hydrogens (tertiary/aromatic N) is 3. The predicted molar refractivity (Wildman–Crippen MR) is 85.3 cm³/mol. The van der Waals surface area contributed by atoms with E-state index < -0.39 is 36.8 Å². The molecule has 0 spiro atoms. The average Bonchev–Trinajstić information content (AvgIpc) is 2.96. The van der Waals surface area contributed by atoms with Gasteiger partial charge in [0.2, 0.25) is 5.95 Å². The zero-order valence-corrected chi connectivity index (χ0v) is 18.0. The first-order valence-electron chi connectivity index (χ1n) is 6.67. The molecule has 0 aliphatic carbocycles. The fourth-order valence-electron chi connectivity index (χ4n) is 2.74. The van der Waals surface area contributed by atoms with E-state index in [1.54, 1.807) is 0 Å². The van der Waals surface area contributed by atoms with Crippen LogP contribution >= 0.6 is 22.6 Å². The molecule has 130 valence electrons. The summed E-state index contributed by atoms with van der Waals surface area (Å²) >= 11 is 7.90. The van der Waals surface area contributed by atoms with E-state index >= 15 is 0 Å². The Hall–Kier alpha value is 0.0800. The Kier molecular flexibility index (Phi) is 5.48. The van der Waals surface area contributed by atoms with Crippen LogP contribution in [-0.2, 0) is 25.6 Å². The summed E-state index contributed by atoms with van der Waals surface area (Å²) in [4.78, 5) is 34.1. The van der Waals surface area contributed by atoms with Gasteiger partial charge < -0.3 is 29.5 Å². The van der Waals surface area contributed by atoms with Gasteiger partial charge in [0.15, 0.2) is 22.1 Å². The molecule has 0 aromatic carbocycles. The van der Waals surface area contributed by atoms with Crippen molar-refractivity contribution < 1.29 is 53.3 Å². The number of H-pyrrole nitrogens is 1. The third-order valence-corrected chi connectivity index (χ3v) is 5.84. The minimum Gasteiger partial charge on any atom is -0.780 e. The van der Waals surface area contributed by atoms with Gasteiger partial charge in [-0.25, -0.2) is 4.98 Å². The van der Waals surface area contributed by atoms with E-state index in [2.05, 4.69) is 42.7 Å². The number of nitrogens with two attached hydrogens (primary N) is 1. The van der Waals surface area contributed by atoms with E-state index in [0.29, 0.717) is 0 Å². The van der Waals surface area contributed by atoms with Gasteiger partial charge in [0, 0.05) is 0 Å². The minimum atomic E-state index is -3.66. The number of hydrogen-bond acceptors (Lipinski definition) is 10. The van der Waals surface area contributed by atoms with Crippen molar-refractivity contribution in [3.05, 3.63) is 15.1 Å². The Balaban J connectivity index is 0.00000182. The second-order valence-corrected chi connectivity index (χ2v) is 8.66. The van der Waals surface area contributed by atoms with Crippen molar-refractivity contribution in [2.24, 2.45) is 0 Å². The molecule has 4 rings (SSSR count). The van der Waals surface area contributed by atoms with E-state index in [1.165, 1.54) is 4.57 Å². The normalized spacial score (nSPS) is 34.7. The standard InChI is InChI=1S/C10H11BrN5O6PS.Na/c11-9-13-3-6(14-10(12)15-7(3)18)16(9)8-4(17)5-2(21-8)1-20-23(19,24)22-5;/h2,4-5,8,17H,1H2,(H,19,24)(H3,12,14,15,18);/q;+1/p-1/t2?,4?,5?,8-,23?;/m1./s1. The Labute approximate surface area is 175 Å². The fraction of sp³-hybridized carbons (Fsp3) is 0.500. The van der Waals surface area contributed by atoms with Crippen LogP contribution in [0.25, 0.3) is 11.2 Å². The van der Waals surface area contributed by atoms with Crippen LogP contribution in [0.3, 0.4) is 0 Å². The van der Waals surface area contributed by atoms with Gasteiger partial charge in [0.25, 0.3) is 5.56 Å². The number of aliphatic hydroxyl groups excluding tert-OH is 1. The maximum Gasteiger partial charge on any atom is 1.00 e. The molecule has 0 saturated carbocycles. The van der Waals surface area contributed by atoms with Crippen molar-refractivity contribution in [2.45, 2.75) is 24.5 Å². The molecule has 2 aliphatic heterocycles. The van der Waals surface area contributed by atoms with Gasteiger partial charge in [-0.1, -0.05) is 11.8 Å². The molecule has 2 aliphatic rings.